The lowest BCUT2D eigenvalue weighted by atomic mass is 10.0. The second-order valence-corrected chi connectivity index (χ2v) is 9.88. The summed E-state index contributed by atoms with van der Waals surface area (Å²) in [5.74, 6) is -1.12. The zero-order valence-corrected chi connectivity index (χ0v) is 23.5. The zero-order chi connectivity index (χ0) is 27.7. The summed E-state index contributed by atoms with van der Waals surface area (Å²) >= 11 is 9.46. The van der Waals surface area contributed by atoms with Crippen molar-refractivity contribution in [2.24, 2.45) is 11.0 Å². The summed E-state index contributed by atoms with van der Waals surface area (Å²) in [7, 11) is 0. The van der Waals surface area contributed by atoms with Gasteiger partial charge in [0.15, 0.2) is 11.5 Å². The van der Waals surface area contributed by atoms with Crippen LogP contribution in [0.4, 0.5) is 4.39 Å². The van der Waals surface area contributed by atoms with Crippen LogP contribution in [0.3, 0.4) is 0 Å². The summed E-state index contributed by atoms with van der Waals surface area (Å²) in [5.41, 5.74) is 3.89. The Balaban J connectivity index is 1.69. The van der Waals surface area contributed by atoms with Gasteiger partial charge in [-0.2, -0.15) is 5.10 Å². The van der Waals surface area contributed by atoms with Crippen LogP contribution in [0.25, 0.3) is 0 Å². The smallest absolute Gasteiger partial charge is 0.262 e. The van der Waals surface area contributed by atoms with Crippen molar-refractivity contribution < 1.29 is 23.5 Å². The van der Waals surface area contributed by atoms with E-state index in [1.54, 1.807) is 44.2 Å². The molecule has 0 heterocycles. The molecule has 38 heavy (non-hydrogen) atoms. The number of benzene rings is 3. The van der Waals surface area contributed by atoms with Crippen molar-refractivity contribution in [1.29, 1.82) is 0 Å². The summed E-state index contributed by atoms with van der Waals surface area (Å²) < 4.78 is 26.4. The Morgan fingerprint density at radius 3 is 2.47 bits per heavy atom. The average Bonchev–Trinajstić information content (AvgIpc) is 2.88. The summed E-state index contributed by atoms with van der Waals surface area (Å²) in [6.07, 6.45) is 1.45. The van der Waals surface area contributed by atoms with Gasteiger partial charge in [-0.15, -0.1) is 0 Å². The lowest BCUT2D eigenvalue weighted by Crippen LogP contribution is -2.48. The van der Waals surface area contributed by atoms with E-state index in [-0.39, 0.29) is 11.5 Å². The SMILES string of the molecule is CCOc1cc(/C=N/NC(=O)C(NC(=O)c2ccccc2F)C(C)C)cc(Br)c1OCc1ccc(Cl)cc1. The van der Waals surface area contributed by atoms with E-state index in [0.717, 1.165) is 5.56 Å². The van der Waals surface area contributed by atoms with Crippen LogP contribution >= 0.6 is 27.5 Å². The van der Waals surface area contributed by atoms with Crippen molar-refractivity contribution >= 4 is 45.6 Å². The zero-order valence-electron chi connectivity index (χ0n) is 21.1. The average molecular weight is 605 g/mol. The van der Waals surface area contributed by atoms with Crippen LogP contribution in [0, 0.1) is 11.7 Å². The number of nitrogens with one attached hydrogen (secondary N) is 2. The number of hydrogen-bond acceptors (Lipinski definition) is 5. The Bertz CT molecular complexity index is 1300. The molecule has 2 amide bonds. The normalized spacial score (nSPS) is 11.9. The molecule has 10 heteroatoms. The van der Waals surface area contributed by atoms with Gasteiger partial charge in [0, 0.05) is 5.02 Å². The van der Waals surface area contributed by atoms with E-state index in [9.17, 15) is 14.0 Å². The van der Waals surface area contributed by atoms with Gasteiger partial charge in [-0.05, 0) is 76.3 Å². The molecule has 1 unspecified atom stereocenters. The van der Waals surface area contributed by atoms with Crippen LogP contribution in [0.1, 0.15) is 42.3 Å². The molecule has 0 saturated heterocycles. The van der Waals surface area contributed by atoms with Gasteiger partial charge in [0.1, 0.15) is 18.5 Å². The van der Waals surface area contributed by atoms with Crippen molar-refractivity contribution in [3.63, 3.8) is 0 Å². The van der Waals surface area contributed by atoms with E-state index in [2.05, 4.69) is 31.8 Å². The molecule has 3 rings (SSSR count). The third-order valence-electron chi connectivity index (χ3n) is 5.37. The number of nitrogens with zero attached hydrogens (tertiary/aromatic N) is 1. The van der Waals surface area contributed by atoms with Crippen LogP contribution in [-0.2, 0) is 11.4 Å². The molecular weight excluding hydrogens is 577 g/mol. The number of rotatable bonds is 11. The third-order valence-corrected chi connectivity index (χ3v) is 6.21. The van der Waals surface area contributed by atoms with Crippen molar-refractivity contribution in [1.82, 2.24) is 10.7 Å². The number of carbonyl (C=O) groups excluding carboxylic acids is 2. The fraction of sp³-hybridized carbons (Fsp3) is 0.250. The van der Waals surface area contributed by atoms with Crippen LogP contribution < -0.4 is 20.2 Å². The maximum atomic E-state index is 14.0. The van der Waals surface area contributed by atoms with E-state index in [0.29, 0.717) is 39.8 Å². The lowest BCUT2D eigenvalue weighted by molar-refractivity contribution is -0.123. The first-order valence-electron chi connectivity index (χ1n) is 11.9. The van der Waals surface area contributed by atoms with E-state index in [1.165, 1.54) is 24.4 Å². The largest absolute Gasteiger partial charge is 0.490 e. The molecule has 3 aromatic carbocycles. The molecule has 3 aromatic rings. The number of amides is 2. The van der Waals surface area contributed by atoms with Crippen LogP contribution in [0.15, 0.2) is 70.2 Å². The highest BCUT2D eigenvalue weighted by molar-refractivity contribution is 9.10. The summed E-state index contributed by atoms with van der Waals surface area (Å²) in [4.78, 5) is 25.3. The number of ether oxygens (including phenoxy) is 2. The fourth-order valence-electron chi connectivity index (χ4n) is 3.44. The number of halogens is 3. The van der Waals surface area contributed by atoms with Gasteiger partial charge in [0.25, 0.3) is 11.8 Å². The Labute approximate surface area is 234 Å². The molecule has 0 spiro atoms. The van der Waals surface area contributed by atoms with Crippen molar-refractivity contribution in [2.75, 3.05) is 6.61 Å². The standard InChI is InChI=1S/C28H28BrClFN3O4/c1-4-37-24-14-19(13-22(29)26(24)38-16-18-9-11-20(30)12-10-18)15-32-34-28(36)25(17(2)3)33-27(35)21-7-5-6-8-23(21)31/h5-15,17,25H,4,16H2,1-3H3,(H,33,35)(H,34,36)/b32-15+. The molecule has 0 saturated carbocycles. The van der Waals surface area contributed by atoms with Gasteiger partial charge in [0.05, 0.1) is 22.9 Å². The van der Waals surface area contributed by atoms with Crippen molar-refractivity contribution in [3.8, 4) is 11.5 Å². The summed E-state index contributed by atoms with van der Waals surface area (Å²) in [6.45, 7) is 6.13. The maximum absolute atomic E-state index is 14.0. The van der Waals surface area contributed by atoms with Gasteiger partial charge in [-0.3, -0.25) is 9.59 Å². The predicted molar refractivity (Wildman–Crippen MR) is 149 cm³/mol. The molecule has 0 aromatic heterocycles. The minimum atomic E-state index is -0.923. The monoisotopic (exact) mass is 603 g/mol. The van der Waals surface area contributed by atoms with Crippen molar-refractivity contribution in [3.05, 3.63) is 92.7 Å². The second kappa shape index (κ2) is 13.9. The molecule has 0 aliphatic rings. The highest BCUT2D eigenvalue weighted by Crippen LogP contribution is 2.37. The first-order chi connectivity index (χ1) is 18.2. The van der Waals surface area contributed by atoms with Crippen molar-refractivity contribution in [2.45, 2.75) is 33.4 Å². The maximum Gasteiger partial charge on any atom is 0.262 e. The molecule has 7 nitrogen and oxygen atoms in total. The molecule has 2 N–H and O–H groups in total. The molecule has 0 aliphatic heterocycles. The predicted octanol–water partition coefficient (Wildman–Crippen LogP) is 6.12. The molecule has 0 fully saturated rings. The quantitative estimate of drug-likeness (QED) is 0.204. The van der Waals surface area contributed by atoms with E-state index >= 15 is 0 Å². The topological polar surface area (TPSA) is 89.0 Å². The molecule has 200 valence electrons. The number of carbonyl (C=O) groups is 2. The molecule has 0 radical (unpaired) electrons. The van der Waals surface area contributed by atoms with Gasteiger partial charge < -0.3 is 14.8 Å². The highest BCUT2D eigenvalue weighted by atomic mass is 79.9. The Kier molecular flexibility index (Phi) is 10.7. The molecule has 0 bridgehead atoms. The van der Waals surface area contributed by atoms with Gasteiger partial charge in [-0.25, -0.2) is 9.82 Å². The second-order valence-electron chi connectivity index (χ2n) is 8.59. The highest BCUT2D eigenvalue weighted by Gasteiger charge is 2.25. The van der Waals surface area contributed by atoms with E-state index in [1.807, 2.05) is 19.1 Å². The summed E-state index contributed by atoms with van der Waals surface area (Å²) in [5, 5.41) is 7.26. The van der Waals surface area contributed by atoms with Gasteiger partial charge >= 0.3 is 0 Å². The Morgan fingerprint density at radius 1 is 1.11 bits per heavy atom. The first-order valence-corrected chi connectivity index (χ1v) is 13.1. The molecule has 1 atom stereocenters. The van der Waals surface area contributed by atoms with E-state index < -0.39 is 23.7 Å². The Morgan fingerprint density at radius 2 is 1.82 bits per heavy atom. The molecule has 0 aliphatic carbocycles. The number of hydrogen-bond donors (Lipinski definition) is 2. The van der Waals surface area contributed by atoms with Gasteiger partial charge in [-0.1, -0.05) is 49.7 Å². The summed E-state index contributed by atoms with van der Waals surface area (Å²) in [6, 6.07) is 15.5. The van der Waals surface area contributed by atoms with Crippen LogP contribution in [0.2, 0.25) is 5.02 Å². The lowest BCUT2D eigenvalue weighted by Gasteiger charge is -2.20. The minimum absolute atomic E-state index is 0.138. The van der Waals surface area contributed by atoms with Gasteiger partial charge in [0.2, 0.25) is 0 Å². The van der Waals surface area contributed by atoms with Crippen LogP contribution in [-0.4, -0.2) is 30.7 Å². The minimum Gasteiger partial charge on any atom is -0.490 e. The Hall–Kier alpha value is -3.43. The molecular formula is C28H28BrClFN3O4. The number of hydrazone groups is 1. The third kappa shape index (κ3) is 8.03. The first kappa shape index (κ1) is 29.1. The van der Waals surface area contributed by atoms with E-state index in [4.69, 9.17) is 21.1 Å². The fourth-order valence-corrected chi connectivity index (χ4v) is 4.14. The van der Waals surface area contributed by atoms with Crippen LogP contribution in [0.5, 0.6) is 11.5 Å².